The van der Waals surface area contributed by atoms with Gasteiger partial charge in [0.2, 0.25) is 0 Å². The van der Waals surface area contributed by atoms with Gasteiger partial charge in [-0.15, -0.1) is 0 Å². The standard InChI is InChI=1S/C24H25N7O/c1-15-16(12-30-11-7-17(32)14-30)13-31(28-15)21-6-9-25-24-22(21)26-23(27-24)19-4-3-5-20-18(19)8-10-29(20)2/h3-6,8-10,13,17,32H,7,11-12,14H2,1-2H3,(H,25,26,27)/t17-/m1/s1. The molecule has 1 aliphatic heterocycles. The number of rotatable bonds is 4. The van der Waals surface area contributed by atoms with E-state index in [-0.39, 0.29) is 6.10 Å². The van der Waals surface area contributed by atoms with Crippen molar-refractivity contribution in [3.63, 3.8) is 0 Å². The number of pyridine rings is 1. The average Bonchev–Trinajstić information content (AvgIpc) is 3.56. The van der Waals surface area contributed by atoms with Crippen molar-refractivity contribution >= 4 is 22.1 Å². The fourth-order valence-electron chi connectivity index (χ4n) is 4.70. The number of likely N-dealkylation sites (tertiary alicyclic amines) is 1. The van der Waals surface area contributed by atoms with Crippen LogP contribution in [0, 0.1) is 6.92 Å². The van der Waals surface area contributed by atoms with E-state index < -0.39 is 0 Å². The van der Waals surface area contributed by atoms with Crippen molar-refractivity contribution < 1.29 is 5.11 Å². The van der Waals surface area contributed by atoms with Gasteiger partial charge in [0, 0.05) is 67.3 Å². The molecule has 32 heavy (non-hydrogen) atoms. The molecule has 1 saturated heterocycles. The second kappa shape index (κ2) is 7.29. The molecule has 0 bridgehead atoms. The third kappa shape index (κ3) is 3.11. The van der Waals surface area contributed by atoms with Crippen LogP contribution in [-0.4, -0.2) is 58.5 Å². The maximum absolute atomic E-state index is 9.83. The summed E-state index contributed by atoms with van der Waals surface area (Å²) in [5.41, 5.74) is 6.82. The summed E-state index contributed by atoms with van der Waals surface area (Å²) in [6.45, 7) is 4.46. The largest absolute Gasteiger partial charge is 0.392 e. The van der Waals surface area contributed by atoms with E-state index in [0.29, 0.717) is 5.65 Å². The molecule has 0 spiro atoms. The predicted octanol–water partition coefficient (Wildman–Crippen LogP) is 3.18. The summed E-state index contributed by atoms with van der Waals surface area (Å²) in [4.78, 5) is 15.1. The molecule has 1 aliphatic rings. The van der Waals surface area contributed by atoms with E-state index in [9.17, 15) is 5.11 Å². The lowest BCUT2D eigenvalue weighted by atomic mass is 10.1. The molecule has 1 aromatic carbocycles. The molecule has 0 amide bonds. The first-order valence-corrected chi connectivity index (χ1v) is 10.9. The maximum Gasteiger partial charge on any atom is 0.180 e. The van der Waals surface area contributed by atoms with Gasteiger partial charge in [0.15, 0.2) is 5.65 Å². The van der Waals surface area contributed by atoms with Crippen LogP contribution in [0.25, 0.3) is 39.1 Å². The van der Waals surface area contributed by atoms with E-state index in [1.807, 2.05) is 24.7 Å². The number of aryl methyl sites for hydroxylation is 2. The lowest BCUT2D eigenvalue weighted by molar-refractivity contribution is 0.174. The molecule has 8 heteroatoms. The van der Waals surface area contributed by atoms with Crippen LogP contribution in [0.1, 0.15) is 17.7 Å². The van der Waals surface area contributed by atoms with Crippen molar-refractivity contribution in [2.24, 2.45) is 7.05 Å². The summed E-state index contributed by atoms with van der Waals surface area (Å²) in [7, 11) is 2.05. The summed E-state index contributed by atoms with van der Waals surface area (Å²) in [5, 5.41) is 15.8. The zero-order valence-electron chi connectivity index (χ0n) is 18.2. The maximum atomic E-state index is 9.83. The Kier molecular flexibility index (Phi) is 4.38. The lowest BCUT2D eigenvalue weighted by Crippen LogP contribution is -2.21. The molecule has 4 aromatic heterocycles. The molecule has 6 rings (SSSR count). The molecule has 0 aliphatic carbocycles. The molecule has 0 radical (unpaired) electrons. The highest BCUT2D eigenvalue weighted by atomic mass is 16.3. The Morgan fingerprint density at radius 3 is 2.97 bits per heavy atom. The van der Waals surface area contributed by atoms with Gasteiger partial charge < -0.3 is 14.7 Å². The van der Waals surface area contributed by atoms with Crippen LogP contribution in [-0.2, 0) is 13.6 Å². The molecule has 0 saturated carbocycles. The summed E-state index contributed by atoms with van der Waals surface area (Å²) in [6.07, 6.45) is 6.53. The van der Waals surface area contributed by atoms with Gasteiger partial charge in [-0.1, -0.05) is 12.1 Å². The van der Waals surface area contributed by atoms with Gasteiger partial charge in [-0.25, -0.2) is 14.6 Å². The number of H-pyrrole nitrogens is 1. The number of hydrogen-bond donors (Lipinski definition) is 2. The molecule has 5 aromatic rings. The van der Waals surface area contributed by atoms with Crippen LogP contribution in [0.3, 0.4) is 0 Å². The van der Waals surface area contributed by atoms with Gasteiger partial charge in [0.05, 0.1) is 17.5 Å². The first kappa shape index (κ1) is 19.2. The molecule has 162 valence electrons. The Labute approximate surface area is 185 Å². The number of nitrogens with zero attached hydrogens (tertiary/aromatic N) is 6. The molecular weight excluding hydrogens is 402 g/mol. The summed E-state index contributed by atoms with van der Waals surface area (Å²) in [6, 6.07) is 10.3. The number of fused-ring (bicyclic) bond motifs is 2. The zero-order valence-corrected chi connectivity index (χ0v) is 18.2. The molecule has 1 atom stereocenters. The molecule has 2 N–H and O–H groups in total. The zero-order chi connectivity index (χ0) is 21.8. The van der Waals surface area contributed by atoms with E-state index in [1.165, 1.54) is 0 Å². The monoisotopic (exact) mass is 427 g/mol. The Morgan fingerprint density at radius 1 is 1.22 bits per heavy atom. The highest BCUT2D eigenvalue weighted by Gasteiger charge is 2.22. The lowest BCUT2D eigenvalue weighted by Gasteiger charge is -2.13. The number of aliphatic hydroxyl groups is 1. The Morgan fingerprint density at radius 2 is 2.12 bits per heavy atom. The van der Waals surface area contributed by atoms with Gasteiger partial charge in [-0.2, -0.15) is 5.10 Å². The van der Waals surface area contributed by atoms with Gasteiger partial charge in [0.1, 0.15) is 11.3 Å². The van der Waals surface area contributed by atoms with Crippen molar-refractivity contribution in [1.29, 1.82) is 0 Å². The van der Waals surface area contributed by atoms with E-state index in [2.05, 4.69) is 56.1 Å². The number of aliphatic hydroxyl groups excluding tert-OH is 1. The third-order valence-electron chi connectivity index (χ3n) is 6.44. The van der Waals surface area contributed by atoms with Crippen LogP contribution < -0.4 is 0 Å². The minimum atomic E-state index is -0.220. The van der Waals surface area contributed by atoms with Gasteiger partial charge in [0.25, 0.3) is 0 Å². The highest BCUT2D eigenvalue weighted by molar-refractivity contribution is 5.95. The molecular formula is C24H25N7O. The number of aromatic nitrogens is 6. The van der Waals surface area contributed by atoms with Crippen LogP contribution in [0.5, 0.6) is 0 Å². The second-order valence-corrected chi connectivity index (χ2v) is 8.64. The summed E-state index contributed by atoms with van der Waals surface area (Å²) in [5.74, 6) is 0.798. The van der Waals surface area contributed by atoms with Crippen LogP contribution >= 0.6 is 0 Å². The number of imidazole rings is 1. The topological polar surface area (TPSA) is 87.8 Å². The molecule has 5 heterocycles. The average molecular weight is 428 g/mol. The fraction of sp³-hybridized carbons (Fsp3) is 0.292. The molecule has 0 unspecified atom stereocenters. The Balaban J connectivity index is 1.41. The first-order chi connectivity index (χ1) is 15.6. The van der Waals surface area contributed by atoms with Gasteiger partial charge in [-0.05, 0) is 31.5 Å². The van der Waals surface area contributed by atoms with Crippen molar-refractivity contribution in [3.8, 4) is 17.1 Å². The molecule has 1 fully saturated rings. The number of β-amino-alcohol motifs (C(OH)–C–C–N with tert-alkyl or cyclic N) is 1. The van der Waals surface area contributed by atoms with Crippen LogP contribution in [0.4, 0.5) is 0 Å². The number of hydrogen-bond acceptors (Lipinski definition) is 5. The summed E-state index contributed by atoms with van der Waals surface area (Å²) < 4.78 is 4.02. The van der Waals surface area contributed by atoms with E-state index >= 15 is 0 Å². The molecule has 8 nitrogen and oxygen atoms in total. The van der Waals surface area contributed by atoms with Crippen molar-refractivity contribution in [1.82, 2.24) is 34.2 Å². The summed E-state index contributed by atoms with van der Waals surface area (Å²) >= 11 is 0. The quantitative estimate of drug-likeness (QED) is 0.460. The minimum absolute atomic E-state index is 0.220. The second-order valence-electron chi connectivity index (χ2n) is 8.64. The van der Waals surface area contributed by atoms with Crippen molar-refractivity contribution in [2.45, 2.75) is 26.0 Å². The third-order valence-corrected chi connectivity index (χ3v) is 6.44. The number of aromatic amines is 1. The van der Waals surface area contributed by atoms with Gasteiger partial charge >= 0.3 is 0 Å². The fourth-order valence-corrected chi connectivity index (χ4v) is 4.70. The minimum Gasteiger partial charge on any atom is -0.392 e. The SMILES string of the molecule is Cc1nn(-c2ccnc3nc(-c4cccc5c4ccn5C)[nH]c23)cc1CN1CC[C@@H](O)C1. The van der Waals surface area contributed by atoms with Crippen LogP contribution in [0.2, 0.25) is 0 Å². The van der Waals surface area contributed by atoms with Crippen LogP contribution in [0.15, 0.2) is 48.9 Å². The smallest absolute Gasteiger partial charge is 0.180 e. The van der Waals surface area contributed by atoms with E-state index in [0.717, 1.165) is 70.8 Å². The number of nitrogens with one attached hydrogen (secondary N) is 1. The Bertz CT molecular complexity index is 1440. The van der Waals surface area contributed by atoms with Crippen molar-refractivity contribution in [3.05, 3.63) is 60.2 Å². The first-order valence-electron chi connectivity index (χ1n) is 10.9. The number of benzene rings is 1. The highest BCUT2D eigenvalue weighted by Crippen LogP contribution is 2.30. The van der Waals surface area contributed by atoms with Crippen molar-refractivity contribution in [2.75, 3.05) is 13.1 Å². The Hall–Kier alpha value is -3.49. The normalized spacial score (nSPS) is 17.2. The predicted molar refractivity (Wildman–Crippen MR) is 124 cm³/mol. The van der Waals surface area contributed by atoms with E-state index in [1.54, 1.807) is 6.20 Å². The van der Waals surface area contributed by atoms with Gasteiger partial charge in [-0.3, -0.25) is 4.90 Å². The van der Waals surface area contributed by atoms with E-state index in [4.69, 9.17) is 10.1 Å².